The van der Waals surface area contributed by atoms with Crippen molar-refractivity contribution in [2.45, 2.75) is 31.9 Å². The van der Waals surface area contributed by atoms with Crippen LogP contribution in [0.1, 0.15) is 31.4 Å². The van der Waals surface area contributed by atoms with E-state index in [-0.39, 0.29) is 11.9 Å². The minimum atomic E-state index is -0.462. The lowest BCUT2D eigenvalue weighted by Crippen LogP contribution is -2.47. The predicted molar refractivity (Wildman–Crippen MR) is 100 cm³/mol. The van der Waals surface area contributed by atoms with Gasteiger partial charge in [0.1, 0.15) is 0 Å². The van der Waals surface area contributed by atoms with E-state index >= 15 is 0 Å². The van der Waals surface area contributed by atoms with Crippen molar-refractivity contribution in [3.63, 3.8) is 0 Å². The Labute approximate surface area is 149 Å². The fraction of sp³-hybridized carbons (Fsp3) is 0.381. The van der Waals surface area contributed by atoms with Gasteiger partial charge in [0.05, 0.1) is 6.10 Å². The zero-order valence-corrected chi connectivity index (χ0v) is 14.7. The molecule has 1 N–H and O–H groups in total. The lowest BCUT2D eigenvalue weighted by atomic mass is 10.0. The van der Waals surface area contributed by atoms with Gasteiger partial charge in [0.25, 0.3) is 0 Å². The van der Waals surface area contributed by atoms with E-state index in [9.17, 15) is 9.90 Å². The van der Waals surface area contributed by atoms with Crippen LogP contribution in [0.5, 0.6) is 0 Å². The van der Waals surface area contributed by atoms with Crippen LogP contribution in [0.2, 0.25) is 0 Å². The van der Waals surface area contributed by atoms with Gasteiger partial charge < -0.3 is 14.9 Å². The van der Waals surface area contributed by atoms with Crippen LogP contribution < -0.4 is 4.90 Å². The summed E-state index contributed by atoms with van der Waals surface area (Å²) < 4.78 is 0. The Hall–Kier alpha value is -2.17. The Morgan fingerprint density at radius 2 is 1.64 bits per heavy atom. The number of likely N-dealkylation sites (tertiary alicyclic amines) is 1. The molecule has 25 heavy (non-hydrogen) atoms. The summed E-state index contributed by atoms with van der Waals surface area (Å²) >= 11 is 0. The van der Waals surface area contributed by atoms with Crippen LogP contribution >= 0.6 is 0 Å². The SMILES string of the molecule is CC(=O)N(c1ccccc1)C1CCN(CC(O)c2ccccc2)CC1. The number of aliphatic hydroxyl groups excluding tert-OH is 1. The molecule has 2 aromatic carbocycles. The Morgan fingerprint density at radius 1 is 1.08 bits per heavy atom. The average Bonchev–Trinajstić information content (AvgIpc) is 2.65. The fourth-order valence-electron chi connectivity index (χ4n) is 3.62. The first-order valence-electron chi connectivity index (χ1n) is 8.95. The van der Waals surface area contributed by atoms with Crippen molar-refractivity contribution < 1.29 is 9.90 Å². The quantitative estimate of drug-likeness (QED) is 0.910. The molecule has 4 heteroatoms. The molecule has 2 aromatic rings. The van der Waals surface area contributed by atoms with Gasteiger partial charge in [0.2, 0.25) is 5.91 Å². The first kappa shape index (κ1) is 17.6. The fourth-order valence-corrected chi connectivity index (χ4v) is 3.62. The molecule has 1 heterocycles. The third-order valence-electron chi connectivity index (χ3n) is 4.91. The molecule has 4 nitrogen and oxygen atoms in total. The van der Waals surface area contributed by atoms with E-state index in [1.165, 1.54) is 0 Å². The van der Waals surface area contributed by atoms with E-state index in [0.29, 0.717) is 6.54 Å². The first-order valence-corrected chi connectivity index (χ1v) is 8.95. The second-order valence-electron chi connectivity index (χ2n) is 6.68. The molecule has 1 amide bonds. The standard InChI is InChI=1S/C21H26N2O2/c1-17(24)23(19-10-6-3-7-11-19)20-12-14-22(15-13-20)16-21(25)18-8-4-2-5-9-18/h2-11,20-21,25H,12-16H2,1H3. The molecule has 1 aliphatic rings. The van der Waals surface area contributed by atoms with E-state index in [1.807, 2.05) is 65.6 Å². The molecule has 132 valence electrons. The molecule has 0 bridgehead atoms. The van der Waals surface area contributed by atoms with Crippen molar-refractivity contribution in [1.82, 2.24) is 4.90 Å². The Balaban J connectivity index is 1.58. The van der Waals surface area contributed by atoms with Gasteiger partial charge in [-0.15, -0.1) is 0 Å². The molecular formula is C21H26N2O2. The van der Waals surface area contributed by atoms with Crippen LogP contribution in [0.15, 0.2) is 60.7 Å². The lowest BCUT2D eigenvalue weighted by molar-refractivity contribution is -0.117. The molecule has 1 aliphatic heterocycles. The molecule has 0 aromatic heterocycles. The number of carbonyl (C=O) groups is 1. The lowest BCUT2D eigenvalue weighted by Gasteiger charge is -2.38. The number of anilines is 1. The molecule has 0 spiro atoms. The summed E-state index contributed by atoms with van der Waals surface area (Å²) in [4.78, 5) is 16.4. The smallest absolute Gasteiger partial charge is 0.224 e. The topological polar surface area (TPSA) is 43.8 Å². The number of piperidine rings is 1. The van der Waals surface area contributed by atoms with E-state index in [0.717, 1.165) is 37.2 Å². The van der Waals surface area contributed by atoms with Gasteiger partial charge in [-0.1, -0.05) is 48.5 Å². The van der Waals surface area contributed by atoms with Gasteiger partial charge in [0, 0.05) is 38.3 Å². The second kappa shape index (κ2) is 8.28. The highest BCUT2D eigenvalue weighted by Gasteiger charge is 2.28. The van der Waals surface area contributed by atoms with Crippen molar-refractivity contribution in [1.29, 1.82) is 0 Å². The summed E-state index contributed by atoms with van der Waals surface area (Å²) in [6, 6.07) is 19.9. The van der Waals surface area contributed by atoms with E-state index < -0.39 is 6.10 Å². The number of β-amino-alcohol motifs (C(OH)–C–C–N with tert-alkyl or cyclic N) is 1. The molecule has 1 fully saturated rings. The van der Waals surface area contributed by atoms with Crippen LogP contribution in [0.3, 0.4) is 0 Å². The first-order chi connectivity index (χ1) is 12.1. The van der Waals surface area contributed by atoms with Crippen LogP contribution in [0, 0.1) is 0 Å². The van der Waals surface area contributed by atoms with Gasteiger partial charge in [-0.05, 0) is 30.5 Å². The highest BCUT2D eigenvalue weighted by molar-refractivity contribution is 5.92. The van der Waals surface area contributed by atoms with Gasteiger partial charge in [-0.25, -0.2) is 0 Å². The molecule has 1 saturated heterocycles. The average molecular weight is 338 g/mol. The number of aliphatic hydroxyl groups is 1. The van der Waals surface area contributed by atoms with E-state index in [2.05, 4.69) is 4.90 Å². The van der Waals surface area contributed by atoms with Crippen LogP contribution in [0.25, 0.3) is 0 Å². The van der Waals surface area contributed by atoms with Crippen molar-refractivity contribution in [3.05, 3.63) is 66.2 Å². The molecule has 3 rings (SSSR count). The maximum absolute atomic E-state index is 12.2. The number of hydrogen-bond donors (Lipinski definition) is 1. The zero-order valence-electron chi connectivity index (χ0n) is 14.7. The number of hydrogen-bond acceptors (Lipinski definition) is 3. The Bertz CT molecular complexity index is 667. The molecule has 0 aliphatic carbocycles. The van der Waals surface area contributed by atoms with Gasteiger partial charge >= 0.3 is 0 Å². The number of rotatable bonds is 5. The molecule has 0 saturated carbocycles. The minimum absolute atomic E-state index is 0.0916. The monoisotopic (exact) mass is 338 g/mol. The summed E-state index contributed by atoms with van der Waals surface area (Å²) in [6.07, 6.45) is 1.39. The Kier molecular flexibility index (Phi) is 5.84. The highest BCUT2D eigenvalue weighted by atomic mass is 16.3. The summed E-state index contributed by atoms with van der Waals surface area (Å²) in [5.74, 6) is 0.0916. The van der Waals surface area contributed by atoms with Crippen molar-refractivity contribution >= 4 is 11.6 Å². The van der Waals surface area contributed by atoms with Gasteiger partial charge in [-0.2, -0.15) is 0 Å². The summed E-state index contributed by atoms with van der Waals surface area (Å²) in [6.45, 7) is 4.07. The van der Waals surface area contributed by atoms with Crippen LogP contribution in [-0.4, -0.2) is 41.6 Å². The maximum Gasteiger partial charge on any atom is 0.224 e. The number of carbonyl (C=O) groups excluding carboxylic acids is 1. The van der Waals surface area contributed by atoms with Gasteiger partial charge in [0.15, 0.2) is 0 Å². The highest BCUT2D eigenvalue weighted by Crippen LogP contribution is 2.25. The molecular weight excluding hydrogens is 312 g/mol. The normalized spacial score (nSPS) is 17.2. The Morgan fingerprint density at radius 3 is 2.20 bits per heavy atom. The van der Waals surface area contributed by atoms with E-state index in [4.69, 9.17) is 0 Å². The van der Waals surface area contributed by atoms with Crippen LogP contribution in [0.4, 0.5) is 5.69 Å². The summed E-state index contributed by atoms with van der Waals surface area (Å²) in [5, 5.41) is 10.4. The third kappa shape index (κ3) is 4.47. The maximum atomic E-state index is 12.2. The number of nitrogens with zero attached hydrogens (tertiary/aromatic N) is 2. The third-order valence-corrected chi connectivity index (χ3v) is 4.91. The largest absolute Gasteiger partial charge is 0.387 e. The van der Waals surface area contributed by atoms with Crippen molar-refractivity contribution in [2.24, 2.45) is 0 Å². The summed E-state index contributed by atoms with van der Waals surface area (Å²) in [5.41, 5.74) is 1.93. The molecule has 1 atom stereocenters. The van der Waals surface area contributed by atoms with Gasteiger partial charge in [-0.3, -0.25) is 4.79 Å². The van der Waals surface area contributed by atoms with Crippen molar-refractivity contribution in [2.75, 3.05) is 24.5 Å². The second-order valence-corrected chi connectivity index (χ2v) is 6.68. The van der Waals surface area contributed by atoms with Crippen molar-refractivity contribution in [3.8, 4) is 0 Å². The predicted octanol–water partition coefficient (Wildman–Crippen LogP) is 3.24. The molecule has 1 unspecified atom stereocenters. The zero-order chi connectivity index (χ0) is 17.6. The summed E-state index contributed by atoms with van der Waals surface area (Å²) in [7, 11) is 0. The number of benzene rings is 2. The van der Waals surface area contributed by atoms with E-state index in [1.54, 1.807) is 6.92 Å². The molecule has 0 radical (unpaired) electrons. The number of amides is 1. The minimum Gasteiger partial charge on any atom is -0.387 e. The number of para-hydroxylation sites is 1. The van der Waals surface area contributed by atoms with Crippen LogP contribution in [-0.2, 0) is 4.79 Å².